The van der Waals surface area contributed by atoms with Crippen LogP contribution in [0.25, 0.3) is 0 Å². The van der Waals surface area contributed by atoms with Gasteiger partial charge in [-0.25, -0.2) is 4.79 Å². The highest BCUT2D eigenvalue weighted by Crippen LogP contribution is 2.35. The highest BCUT2D eigenvalue weighted by Gasteiger charge is 2.40. The third-order valence-electron chi connectivity index (χ3n) is 5.04. The van der Waals surface area contributed by atoms with E-state index in [9.17, 15) is 4.79 Å². The maximum atomic E-state index is 13.0. The summed E-state index contributed by atoms with van der Waals surface area (Å²) in [6, 6.07) is 24.6. The van der Waals surface area contributed by atoms with Crippen LogP contribution in [0, 0.1) is 13.8 Å². The lowest BCUT2D eigenvalue weighted by atomic mass is 9.71. The Morgan fingerprint density at radius 3 is 1.74 bits per heavy atom. The monoisotopic (exact) mass is 359 g/mol. The average Bonchev–Trinajstić information content (AvgIpc) is 2.67. The Labute approximate surface area is 160 Å². The normalized spacial score (nSPS) is 12.4. The molecule has 0 aromatic heterocycles. The summed E-state index contributed by atoms with van der Waals surface area (Å²) < 4.78 is 5.66. The lowest BCUT2D eigenvalue weighted by Crippen LogP contribution is -2.51. The van der Waals surface area contributed by atoms with E-state index in [0.717, 1.165) is 22.3 Å². The second-order valence-electron chi connectivity index (χ2n) is 7.16. The summed E-state index contributed by atoms with van der Waals surface area (Å²) in [5.74, 6) is 0.0756. The molecule has 0 saturated carbocycles. The minimum Gasteiger partial charge on any atom is -0.425 e. The molecule has 0 bridgehead atoms. The first-order chi connectivity index (χ1) is 12.9. The van der Waals surface area contributed by atoms with Crippen molar-refractivity contribution in [2.45, 2.75) is 32.2 Å². The fourth-order valence-corrected chi connectivity index (χ4v) is 3.50. The molecule has 2 N–H and O–H groups in total. The molecule has 0 spiro atoms. The van der Waals surface area contributed by atoms with Crippen molar-refractivity contribution in [3.05, 3.63) is 101 Å². The lowest BCUT2D eigenvalue weighted by molar-refractivity contribution is -0.137. The van der Waals surface area contributed by atoms with Gasteiger partial charge in [0.05, 0.1) is 0 Å². The van der Waals surface area contributed by atoms with Gasteiger partial charge in [0.2, 0.25) is 0 Å². The van der Waals surface area contributed by atoms with Crippen LogP contribution in [-0.4, -0.2) is 12.0 Å². The van der Waals surface area contributed by atoms with Crippen molar-refractivity contribution in [2.24, 2.45) is 5.73 Å². The molecule has 0 radical (unpaired) electrons. The maximum absolute atomic E-state index is 13.0. The van der Waals surface area contributed by atoms with Gasteiger partial charge in [0, 0.05) is 5.41 Å². The Morgan fingerprint density at radius 1 is 0.852 bits per heavy atom. The molecule has 0 saturated heterocycles. The first-order valence-corrected chi connectivity index (χ1v) is 9.08. The summed E-state index contributed by atoms with van der Waals surface area (Å²) in [6.45, 7) is 5.94. The number of carbonyl (C=O) groups excluding carboxylic acids is 1. The number of nitrogens with two attached hydrogens (primary N) is 1. The molecule has 0 heterocycles. The number of benzene rings is 3. The van der Waals surface area contributed by atoms with Crippen LogP contribution in [-0.2, 0) is 10.2 Å². The summed E-state index contributed by atoms with van der Waals surface area (Å²) >= 11 is 0. The lowest BCUT2D eigenvalue weighted by Gasteiger charge is -2.35. The van der Waals surface area contributed by atoms with E-state index >= 15 is 0 Å². The average molecular weight is 359 g/mol. The second kappa shape index (κ2) is 7.77. The number of hydrogen-bond donors (Lipinski definition) is 1. The number of carbonyl (C=O) groups is 1. The van der Waals surface area contributed by atoms with Crippen LogP contribution >= 0.6 is 0 Å². The minimum atomic E-state index is -0.858. The molecule has 3 aromatic carbocycles. The van der Waals surface area contributed by atoms with Crippen molar-refractivity contribution in [1.82, 2.24) is 0 Å². The molecule has 1 atom stereocenters. The Morgan fingerprint density at radius 2 is 1.30 bits per heavy atom. The smallest absolute Gasteiger partial charge is 0.329 e. The van der Waals surface area contributed by atoms with E-state index in [1.54, 1.807) is 0 Å². The first-order valence-electron chi connectivity index (χ1n) is 9.08. The molecule has 138 valence electrons. The molecule has 1 unspecified atom stereocenters. The van der Waals surface area contributed by atoms with Crippen molar-refractivity contribution in [1.29, 1.82) is 0 Å². The van der Waals surface area contributed by atoms with Gasteiger partial charge in [-0.05, 0) is 55.2 Å². The molecule has 3 nitrogen and oxygen atoms in total. The summed E-state index contributed by atoms with van der Waals surface area (Å²) in [4.78, 5) is 13.0. The van der Waals surface area contributed by atoms with Gasteiger partial charge in [0.15, 0.2) is 0 Å². The van der Waals surface area contributed by atoms with Crippen LogP contribution in [0.4, 0.5) is 0 Å². The van der Waals surface area contributed by atoms with Gasteiger partial charge >= 0.3 is 5.97 Å². The summed E-state index contributed by atoms with van der Waals surface area (Å²) in [7, 11) is 0. The Hall–Kier alpha value is -2.91. The van der Waals surface area contributed by atoms with Gasteiger partial charge in [-0.1, -0.05) is 66.7 Å². The molecule has 3 heteroatoms. The van der Waals surface area contributed by atoms with Crippen LogP contribution in [0.1, 0.15) is 29.2 Å². The standard InChI is InChI=1S/C24H25NO2/c1-17-14-18(2)16-21(15-17)27-23(26)22(25)24(3,19-10-6-4-7-11-19)20-12-8-5-9-13-20/h4-16,22H,25H2,1-3H3. The molecule has 0 aliphatic heterocycles. The fourth-order valence-electron chi connectivity index (χ4n) is 3.50. The van der Waals surface area contributed by atoms with Crippen molar-refractivity contribution in [2.75, 3.05) is 0 Å². The maximum Gasteiger partial charge on any atom is 0.329 e. The molecule has 0 aliphatic rings. The number of ether oxygens (including phenoxy) is 1. The van der Waals surface area contributed by atoms with E-state index in [1.165, 1.54) is 0 Å². The molecular formula is C24H25NO2. The molecule has 0 amide bonds. The largest absolute Gasteiger partial charge is 0.425 e. The molecule has 0 aliphatic carbocycles. The number of esters is 1. The van der Waals surface area contributed by atoms with Gasteiger partial charge < -0.3 is 10.5 Å². The van der Waals surface area contributed by atoms with Crippen molar-refractivity contribution in [3.8, 4) is 5.75 Å². The van der Waals surface area contributed by atoms with Crippen LogP contribution in [0.15, 0.2) is 78.9 Å². The SMILES string of the molecule is Cc1cc(C)cc(OC(=O)C(N)C(C)(c2ccccc2)c2ccccc2)c1. The highest BCUT2D eigenvalue weighted by atomic mass is 16.5. The van der Waals surface area contributed by atoms with Crippen LogP contribution in [0.3, 0.4) is 0 Å². The van der Waals surface area contributed by atoms with Crippen molar-refractivity contribution >= 4 is 5.97 Å². The van der Waals surface area contributed by atoms with E-state index in [4.69, 9.17) is 10.5 Å². The summed E-state index contributed by atoms with van der Waals surface area (Å²) in [5, 5.41) is 0. The fraction of sp³-hybridized carbons (Fsp3) is 0.208. The number of rotatable bonds is 5. The molecular weight excluding hydrogens is 334 g/mol. The van der Waals surface area contributed by atoms with Crippen LogP contribution in [0.2, 0.25) is 0 Å². The van der Waals surface area contributed by atoms with Gasteiger partial charge in [-0.3, -0.25) is 0 Å². The second-order valence-corrected chi connectivity index (χ2v) is 7.16. The van der Waals surface area contributed by atoms with E-state index in [1.807, 2.05) is 99.6 Å². The predicted octanol–water partition coefficient (Wildman–Crippen LogP) is 4.54. The van der Waals surface area contributed by atoms with Gasteiger partial charge in [0.1, 0.15) is 11.8 Å². The topological polar surface area (TPSA) is 52.3 Å². The van der Waals surface area contributed by atoms with E-state index in [0.29, 0.717) is 5.75 Å². The van der Waals surface area contributed by atoms with E-state index in [2.05, 4.69) is 0 Å². The zero-order valence-electron chi connectivity index (χ0n) is 16.0. The van der Waals surface area contributed by atoms with Crippen LogP contribution in [0.5, 0.6) is 5.75 Å². The van der Waals surface area contributed by atoms with Gasteiger partial charge in [-0.2, -0.15) is 0 Å². The molecule has 3 rings (SSSR count). The summed E-state index contributed by atoms with van der Waals surface area (Å²) in [5.41, 5.74) is 9.83. The number of hydrogen-bond acceptors (Lipinski definition) is 3. The number of aryl methyl sites for hydroxylation is 2. The molecule has 27 heavy (non-hydrogen) atoms. The van der Waals surface area contributed by atoms with Crippen molar-refractivity contribution < 1.29 is 9.53 Å². The highest BCUT2D eigenvalue weighted by molar-refractivity contribution is 5.81. The minimum absolute atomic E-state index is 0.449. The zero-order chi connectivity index (χ0) is 19.4. The van der Waals surface area contributed by atoms with Crippen molar-refractivity contribution in [3.63, 3.8) is 0 Å². The Kier molecular flexibility index (Phi) is 5.43. The van der Waals surface area contributed by atoms with Gasteiger partial charge in [-0.15, -0.1) is 0 Å². The first kappa shape index (κ1) is 18.9. The molecule has 0 fully saturated rings. The summed E-state index contributed by atoms with van der Waals surface area (Å²) in [6.07, 6.45) is 0. The zero-order valence-corrected chi connectivity index (χ0v) is 16.0. The third kappa shape index (κ3) is 3.93. The molecule has 3 aromatic rings. The Balaban J connectivity index is 1.98. The van der Waals surface area contributed by atoms with E-state index in [-0.39, 0.29) is 0 Å². The van der Waals surface area contributed by atoms with Gasteiger partial charge in [0.25, 0.3) is 0 Å². The Bertz CT molecular complexity index is 860. The quantitative estimate of drug-likeness (QED) is 0.537. The van der Waals surface area contributed by atoms with Crippen LogP contribution < -0.4 is 10.5 Å². The van der Waals surface area contributed by atoms with E-state index < -0.39 is 17.4 Å². The third-order valence-corrected chi connectivity index (χ3v) is 5.04. The predicted molar refractivity (Wildman–Crippen MR) is 109 cm³/mol.